The molecule has 0 spiro atoms. The first kappa shape index (κ1) is 15.7. The fourth-order valence-electron chi connectivity index (χ4n) is 1.74. The lowest BCUT2D eigenvalue weighted by Crippen LogP contribution is -2.31. The van der Waals surface area contributed by atoms with Crippen molar-refractivity contribution in [2.75, 3.05) is 6.54 Å². The third-order valence-electron chi connectivity index (χ3n) is 2.59. The number of rotatable bonds is 4. The predicted octanol–water partition coefficient (Wildman–Crippen LogP) is 3.49. The molecule has 0 saturated heterocycles. The number of hydrogen-bond acceptors (Lipinski definition) is 2. The number of nitrogens with one attached hydrogen (secondary N) is 1. The second kappa shape index (κ2) is 6.72. The molecule has 1 N–H and O–H groups in total. The number of carbonyl (C=O) groups excluding carboxylic acids is 1. The standard InChI is InChI=1S/C15H19BrN2O/c1-15(2,3)8-13(16)10-18-14(19)12-6-4-11(9-17)5-7-12/h4-7,13H,8,10H2,1-3H3,(H,18,19). The topological polar surface area (TPSA) is 52.9 Å². The fraction of sp³-hybridized carbons (Fsp3) is 0.467. The zero-order valence-electron chi connectivity index (χ0n) is 11.5. The van der Waals surface area contributed by atoms with Gasteiger partial charge in [0.05, 0.1) is 11.6 Å². The summed E-state index contributed by atoms with van der Waals surface area (Å²) in [4.78, 5) is 12.2. The minimum Gasteiger partial charge on any atom is -0.351 e. The van der Waals surface area contributed by atoms with Crippen molar-refractivity contribution in [2.45, 2.75) is 32.0 Å². The molecule has 102 valence electrons. The minimum absolute atomic E-state index is 0.108. The van der Waals surface area contributed by atoms with Gasteiger partial charge in [-0.2, -0.15) is 5.26 Å². The van der Waals surface area contributed by atoms with Crippen molar-refractivity contribution in [2.24, 2.45) is 5.41 Å². The number of amides is 1. The summed E-state index contributed by atoms with van der Waals surface area (Å²) in [6.45, 7) is 7.10. The minimum atomic E-state index is -0.108. The van der Waals surface area contributed by atoms with Crippen molar-refractivity contribution >= 4 is 21.8 Å². The van der Waals surface area contributed by atoms with Crippen molar-refractivity contribution < 1.29 is 4.79 Å². The Bertz CT molecular complexity index is 468. The SMILES string of the molecule is CC(C)(C)CC(Br)CNC(=O)c1ccc(C#N)cc1. The predicted molar refractivity (Wildman–Crippen MR) is 80.3 cm³/mol. The summed E-state index contributed by atoms with van der Waals surface area (Å²) in [5.41, 5.74) is 1.37. The maximum absolute atomic E-state index is 11.9. The summed E-state index contributed by atoms with van der Waals surface area (Å²) >= 11 is 3.58. The number of nitrogens with zero attached hydrogens (tertiary/aromatic N) is 1. The highest BCUT2D eigenvalue weighted by molar-refractivity contribution is 9.09. The van der Waals surface area contributed by atoms with Crippen LogP contribution in [0.25, 0.3) is 0 Å². The van der Waals surface area contributed by atoms with Gasteiger partial charge in [0.25, 0.3) is 5.91 Å². The largest absolute Gasteiger partial charge is 0.351 e. The molecule has 1 rings (SSSR count). The van der Waals surface area contributed by atoms with Crippen LogP contribution in [0, 0.1) is 16.7 Å². The smallest absolute Gasteiger partial charge is 0.251 e. The molecule has 0 radical (unpaired) electrons. The van der Waals surface area contributed by atoms with Gasteiger partial charge in [0, 0.05) is 16.9 Å². The molecular formula is C15H19BrN2O. The second-order valence-electron chi connectivity index (χ2n) is 5.76. The summed E-state index contributed by atoms with van der Waals surface area (Å²) in [6.07, 6.45) is 0.987. The second-order valence-corrected chi connectivity index (χ2v) is 7.06. The van der Waals surface area contributed by atoms with E-state index >= 15 is 0 Å². The number of carbonyl (C=O) groups is 1. The van der Waals surface area contributed by atoms with E-state index in [-0.39, 0.29) is 16.1 Å². The molecule has 0 bridgehead atoms. The molecular weight excluding hydrogens is 304 g/mol. The molecule has 0 aliphatic rings. The molecule has 1 aromatic rings. The van der Waals surface area contributed by atoms with Crippen LogP contribution in [0.5, 0.6) is 0 Å². The summed E-state index contributed by atoms with van der Waals surface area (Å²) in [6, 6.07) is 8.66. The Morgan fingerprint density at radius 2 is 1.95 bits per heavy atom. The lowest BCUT2D eigenvalue weighted by Gasteiger charge is -2.22. The Morgan fingerprint density at radius 1 is 1.37 bits per heavy atom. The highest BCUT2D eigenvalue weighted by Gasteiger charge is 2.17. The van der Waals surface area contributed by atoms with Crippen LogP contribution in [0.2, 0.25) is 0 Å². The molecule has 0 aliphatic carbocycles. The van der Waals surface area contributed by atoms with Gasteiger partial charge in [-0.05, 0) is 36.1 Å². The molecule has 3 nitrogen and oxygen atoms in total. The van der Waals surface area contributed by atoms with Gasteiger partial charge in [-0.3, -0.25) is 4.79 Å². The Labute approximate surface area is 123 Å². The van der Waals surface area contributed by atoms with E-state index in [4.69, 9.17) is 5.26 Å². The molecule has 4 heteroatoms. The van der Waals surface area contributed by atoms with E-state index in [1.54, 1.807) is 24.3 Å². The van der Waals surface area contributed by atoms with Gasteiger partial charge in [0.1, 0.15) is 0 Å². The van der Waals surface area contributed by atoms with Gasteiger partial charge < -0.3 is 5.32 Å². The summed E-state index contributed by atoms with van der Waals surface area (Å²) in [5.74, 6) is -0.108. The summed E-state index contributed by atoms with van der Waals surface area (Å²) in [5, 5.41) is 11.6. The van der Waals surface area contributed by atoms with Gasteiger partial charge in [0.15, 0.2) is 0 Å². The molecule has 1 aromatic carbocycles. The highest BCUT2D eigenvalue weighted by Crippen LogP contribution is 2.24. The van der Waals surface area contributed by atoms with Crippen LogP contribution >= 0.6 is 15.9 Å². The number of benzene rings is 1. The molecule has 0 saturated carbocycles. The van der Waals surface area contributed by atoms with E-state index in [1.165, 1.54) is 0 Å². The Hall–Kier alpha value is -1.34. The van der Waals surface area contributed by atoms with E-state index in [9.17, 15) is 4.79 Å². The van der Waals surface area contributed by atoms with Gasteiger partial charge in [-0.25, -0.2) is 0 Å². The van der Waals surface area contributed by atoms with Gasteiger partial charge in [-0.1, -0.05) is 36.7 Å². The first-order valence-corrected chi connectivity index (χ1v) is 7.16. The van der Waals surface area contributed by atoms with Crippen molar-refractivity contribution in [1.82, 2.24) is 5.32 Å². The number of hydrogen-bond donors (Lipinski definition) is 1. The quantitative estimate of drug-likeness (QED) is 0.863. The maximum atomic E-state index is 11.9. The third-order valence-corrected chi connectivity index (χ3v) is 3.24. The van der Waals surface area contributed by atoms with Crippen molar-refractivity contribution in [3.05, 3.63) is 35.4 Å². The van der Waals surface area contributed by atoms with Crippen LogP contribution < -0.4 is 5.32 Å². The number of alkyl halides is 1. The summed E-state index contributed by atoms with van der Waals surface area (Å²) < 4.78 is 0. The lowest BCUT2D eigenvalue weighted by atomic mass is 9.90. The van der Waals surface area contributed by atoms with Crippen LogP contribution in [-0.4, -0.2) is 17.3 Å². The number of nitriles is 1. The molecule has 1 amide bonds. The van der Waals surface area contributed by atoms with Crippen molar-refractivity contribution in [3.8, 4) is 6.07 Å². The van der Waals surface area contributed by atoms with Crippen LogP contribution in [0.1, 0.15) is 43.1 Å². The molecule has 0 fully saturated rings. The zero-order valence-corrected chi connectivity index (χ0v) is 13.1. The van der Waals surface area contributed by atoms with Crippen LogP contribution in [0.4, 0.5) is 0 Å². The normalized spacial score (nSPS) is 12.6. The van der Waals surface area contributed by atoms with Crippen LogP contribution in [0.3, 0.4) is 0 Å². The Balaban J connectivity index is 2.49. The maximum Gasteiger partial charge on any atom is 0.251 e. The first-order chi connectivity index (χ1) is 8.81. The van der Waals surface area contributed by atoms with E-state index in [0.717, 1.165) is 6.42 Å². The van der Waals surface area contributed by atoms with E-state index in [1.807, 2.05) is 6.07 Å². The zero-order chi connectivity index (χ0) is 14.5. The number of halogens is 1. The molecule has 0 aliphatic heterocycles. The average molecular weight is 323 g/mol. The lowest BCUT2D eigenvalue weighted by molar-refractivity contribution is 0.0952. The van der Waals surface area contributed by atoms with E-state index in [2.05, 4.69) is 42.0 Å². The molecule has 1 unspecified atom stereocenters. The van der Waals surface area contributed by atoms with E-state index < -0.39 is 0 Å². The van der Waals surface area contributed by atoms with Crippen molar-refractivity contribution in [1.29, 1.82) is 5.26 Å². The van der Waals surface area contributed by atoms with Crippen molar-refractivity contribution in [3.63, 3.8) is 0 Å². The Kier molecular flexibility index (Phi) is 5.56. The monoisotopic (exact) mass is 322 g/mol. The average Bonchev–Trinajstić information content (AvgIpc) is 2.34. The Morgan fingerprint density at radius 3 is 2.42 bits per heavy atom. The van der Waals surface area contributed by atoms with E-state index in [0.29, 0.717) is 17.7 Å². The fourth-order valence-corrected chi connectivity index (χ4v) is 2.87. The highest BCUT2D eigenvalue weighted by atomic mass is 79.9. The van der Waals surface area contributed by atoms with Gasteiger partial charge >= 0.3 is 0 Å². The first-order valence-electron chi connectivity index (χ1n) is 6.24. The summed E-state index contributed by atoms with van der Waals surface area (Å²) in [7, 11) is 0. The van der Waals surface area contributed by atoms with Crippen LogP contribution in [-0.2, 0) is 0 Å². The van der Waals surface area contributed by atoms with Gasteiger partial charge in [0.2, 0.25) is 0 Å². The third kappa shape index (κ3) is 5.89. The molecule has 1 atom stereocenters. The molecule has 19 heavy (non-hydrogen) atoms. The van der Waals surface area contributed by atoms with Gasteiger partial charge in [-0.15, -0.1) is 0 Å². The molecule has 0 aromatic heterocycles. The molecule has 0 heterocycles. The van der Waals surface area contributed by atoms with Crippen LogP contribution in [0.15, 0.2) is 24.3 Å².